The molecule has 3 heteroatoms. The predicted octanol–water partition coefficient (Wildman–Crippen LogP) is 3.39. The van der Waals surface area contributed by atoms with Gasteiger partial charge in [-0.15, -0.1) is 0 Å². The van der Waals surface area contributed by atoms with Gasteiger partial charge in [-0.05, 0) is 30.5 Å². The molecule has 3 nitrogen and oxygen atoms in total. The van der Waals surface area contributed by atoms with Crippen LogP contribution in [0.1, 0.15) is 18.1 Å². The molecule has 2 aromatic carbocycles. The van der Waals surface area contributed by atoms with E-state index < -0.39 is 0 Å². The number of rotatable bonds is 5. The Morgan fingerprint density at radius 1 is 1.00 bits per heavy atom. The molecule has 0 aromatic heterocycles. The maximum atomic E-state index is 8.64. The second kappa shape index (κ2) is 6.87. The summed E-state index contributed by atoms with van der Waals surface area (Å²) in [5, 5.41) is 12.6. The van der Waals surface area contributed by atoms with Gasteiger partial charge in [-0.1, -0.05) is 59.3 Å². The summed E-state index contributed by atoms with van der Waals surface area (Å²) in [7, 11) is 0. The van der Waals surface area contributed by atoms with Gasteiger partial charge in [0.1, 0.15) is 6.61 Å². The molecule has 0 heterocycles. The second-order valence-electron chi connectivity index (χ2n) is 4.68. The highest BCUT2D eigenvalue weighted by Crippen LogP contribution is 2.20. The van der Waals surface area contributed by atoms with E-state index in [-0.39, 0.29) is 13.2 Å². The summed E-state index contributed by atoms with van der Waals surface area (Å²) in [4.78, 5) is 4.97. The molecule has 0 aliphatic rings. The van der Waals surface area contributed by atoms with Gasteiger partial charge in [0, 0.05) is 0 Å². The predicted molar refractivity (Wildman–Crippen MR) is 81.9 cm³/mol. The molecule has 0 saturated carbocycles. The van der Waals surface area contributed by atoms with E-state index in [1.807, 2.05) is 19.1 Å². The zero-order valence-corrected chi connectivity index (χ0v) is 11.8. The maximum Gasteiger partial charge on any atom is 0.140 e. The number of aliphatic hydroxyl groups is 1. The Morgan fingerprint density at radius 2 is 1.55 bits per heavy atom. The van der Waals surface area contributed by atoms with Crippen LogP contribution in [0.15, 0.2) is 53.7 Å². The Bertz CT molecular complexity index is 571. The standard InChI is InChI=1S/C17H19NO2/c1-13-3-5-16(6-4-13)17-9-7-15(8-10-17)14(2)18-20-12-11-19/h3-10,19H,11-12H2,1-2H3. The summed E-state index contributed by atoms with van der Waals surface area (Å²) in [6.07, 6.45) is 0. The van der Waals surface area contributed by atoms with Crippen molar-refractivity contribution in [2.75, 3.05) is 13.2 Å². The van der Waals surface area contributed by atoms with Gasteiger partial charge in [0.05, 0.1) is 12.3 Å². The van der Waals surface area contributed by atoms with E-state index in [2.05, 4.69) is 48.5 Å². The summed E-state index contributed by atoms with van der Waals surface area (Å²) in [5.41, 5.74) is 5.45. The number of nitrogens with zero attached hydrogens (tertiary/aromatic N) is 1. The Balaban J connectivity index is 2.13. The highest BCUT2D eigenvalue weighted by molar-refractivity contribution is 5.98. The molecule has 104 valence electrons. The SMILES string of the molecule is CC(=NOCCO)c1ccc(-c2ccc(C)cc2)cc1. The zero-order chi connectivity index (χ0) is 14.4. The van der Waals surface area contributed by atoms with Crippen molar-refractivity contribution in [1.82, 2.24) is 0 Å². The van der Waals surface area contributed by atoms with Gasteiger partial charge < -0.3 is 9.94 Å². The van der Waals surface area contributed by atoms with Gasteiger partial charge >= 0.3 is 0 Å². The normalized spacial score (nSPS) is 11.4. The number of aliphatic hydroxyl groups excluding tert-OH is 1. The van der Waals surface area contributed by atoms with E-state index in [0.29, 0.717) is 0 Å². The molecule has 20 heavy (non-hydrogen) atoms. The number of oxime groups is 1. The summed E-state index contributed by atoms with van der Waals surface area (Å²) in [6, 6.07) is 16.7. The first-order valence-corrected chi connectivity index (χ1v) is 6.65. The van der Waals surface area contributed by atoms with Gasteiger partial charge in [-0.2, -0.15) is 0 Å². The zero-order valence-electron chi connectivity index (χ0n) is 11.8. The molecular weight excluding hydrogens is 250 g/mol. The minimum atomic E-state index is -0.0247. The van der Waals surface area contributed by atoms with Crippen LogP contribution in [0.4, 0.5) is 0 Å². The molecule has 0 radical (unpaired) electrons. The molecule has 0 saturated heterocycles. The molecule has 2 aromatic rings. The molecule has 0 amide bonds. The van der Waals surface area contributed by atoms with Gasteiger partial charge in [-0.25, -0.2) is 0 Å². The van der Waals surface area contributed by atoms with Gasteiger partial charge in [0.25, 0.3) is 0 Å². The molecule has 0 aliphatic carbocycles. The topological polar surface area (TPSA) is 41.8 Å². The fraction of sp³-hybridized carbons (Fsp3) is 0.235. The number of hydrogen-bond donors (Lipinski definition) is 1. The molecule has 2 rings (SSSR count). The van der Waals surface area contributed by atoms with Crippen LogP contribution in [0.2, 0.25) is 0 Å². The summed E-state index contributed by atoms with van der Waals surface area (Å²) >= 11 is 0. The quantitative estimate of drug-likeness (QED) is 0.513. The molecule has 0 spiro atoms. The maximum absolute atomic E-state index is 8.64. The van der Waals surface area contributed by atoms with E-state index in [4.69, 9.17) is 9.94 Å². The highest BCUT2D eigenvalue weighted by Gasteiger charge is 2.01. The van der Waals surface area contributed by atoms with Crippen molar-refractivity contribution < 1.29 is 9.94 Å². The second-order valence-corrected chi connectivity index (χ2v) is 4.68. The first-order valence-electron chi connectivity index (χ1n) is 6.65. The van der Waals surface area contributed by atoms with Crippen molar-refractivity contribution in [3.63, 3.8) is 0 Å². The Hall–Kier alpha value is -2.13. The van der Waals surface area contributed by atoms with Crippen LogP contribution in [0.5, 0.6) is 0 Å². The number of hydrogen-bond acceptors (Lipinski definition) is 3. The average Bonchev–Trinajstić information content (AvgIpc) is 2.48. The van der Waals surface area contributed by atoms with E-state index in [9.17, 15) is 0 Å². The fourth-order valence-corrected chi connectivity index (χ4v) is 1.89. The smallest absolute Gasteiger partial charge is 0.140 e. The van der Waals surface area contributed by atoms with Crippen LogP contribution in [0.3, 0.4) is 0 Å². The van der Waals surface area contributed by atoms with Crippen LogP contribution in [-0.2, 0) is 4.84 Å². The Labute approximate surface area is 119 Å². The van der Waals surface area contributed by atoms with Crippen LogP contribution >= 0.6 is 0 Å². The third-order valence-electron chi connectivity index (χ3n) is 3.07. The largest absolute Gasteiger partial charge is 0.393 e. The summed E-state index contributed by atoms with van der Waals surface area (Å²) in [6.45, 7) is 4.17. The molecule has 0 aliphatic heterocycles. The van der Waals surface area contributed by atoms with Crippen molar-refractivity contribution in [2.24, 2.45) is 5.16 Å². The van der Waals surface area contributed by atoms with Crippen molar-refractivity contribution in [2.45, 2.75) is 13.8 Å². The van der Waals surface area contributed by atoms with E-state index in [0.717, 1.165) is 11.3 Å². The Kier molecular flexibility index (Phi) is 4.91. The molecule has 1 N–H and O–H groups in total. The van der Waals surface area contributed by atoms with Crippen LogP contribution in [0.25, 0.3) is 11.1 Å². The van der Waals surface area contributed by atoms with Gasteiger partial charge in [-0.3, -0.25) is 0 Å². The van der Waals surface area contributed by atoms with E-state index in [1.54, 1.807) is 0 Å². The van der Waals surface area contributed by atoms with Crippen LogP contribution in [0, 0.1) is 6.92 Å². The van der Waals surface area contributed by atoms with Crippen molar-refractivity contribution in [3.8, 4) is 11.1 Å². The minimum Gasteiger partial charge on any atom is -0.393 e. The molecule has 0 unspecified atom stereocenters. The first kappa shape index (κ1) is 14.3. The summed E-state index contributed by atoms with van der Waals surface area (Å²) < 4.78 is 0. The molecule has 0 bridgehead atoms. The van der Waals surface area contributed by atoms with Gasteiger partial charge in [0.2, 0.25) is 0 Å². The van der Waals surface area contributed by atoms with E-state index >= 15 is 0 Å². The molecular formula is C17H19NO2. The number of benzene rings is 2. The molecule has 0 atom stereocenters. The third kappa shape index (κ3) is 3.68. The van der Waals surface area contributed by atoms with Crippen LogP contribution < -0.4 is 0 Å². The monoisotopic (exact) mass is 269 g/mol. The number of aryl methyl sites for hydroxylation is 1. The lowest BCUT2D eigenvalue weighted by atomic mass is 10.0. The van der Waals surface area contributed by atoms with E-state index in [1.165, 1.54) is 16.7 Å². The third-order valence-corrected chi connectivity index (χ3v) is 3.07. The van der Waals surface area contributed by atoms with Gasteiger partial charge in [0.15, 0.2) is 0 Å². The lowest BCUT2D eigenvalue weighted by Crippen LogP contribution is -1.99. The Morgan fingerprint density at radius 3 is 2.10 bits per heavy atom. The lowest BCUT2D eigenvalue weighted by Gasteiger charge is -2.05. The minimum absolute atomic E-state index is 0.0247. The van der Waals surface area contributed by atoms with Crippen molar-refractivity contribution >= 4 is 5.71 Å². The first-order chi connectivity index (χ1) is 9.70. The van der Waals surface area contributed by atoms with Crippen molar-refractivity contribution in [1.29, 1.82) is 0 Å². The fourth-order valence-electron chi connectivity index (χ4n) is 1.89. The summed E-state index contributed by atoms with van der Waals surface area (Å²) in [5.74, 6) is 0. The lowest BCUT2D eigenvalue weighted by molar-refractivity contribution is 0.0986. The highest BCUT2D eigenvalue weighted by atomic mass is 16.6. The molecule has 0 fully saturated rings. The average molecular weight is 269 g/mol. The van der Waals surface area contributed by atoms with Crippen molar-refractivity contribution in [3.05, 3.63) is 59.7 Å². The van der Waals surface area contributed by atoms with Crippen LogP contribution in [-0.4, -0.2) is 24.0 Å².